The summed E-state index contributed by atoms with van der Waals surface area (Å²) in [5, 5.41) is 27.9. The number of rotatable bonds is 2. The Morgan fingerprint density at radius 3 is 2.67 bits per heavy atom. The van der Waals surface area contributed by atoms with Gasteiger partial charge in [-0.2, -0.15) is 0 Å². The first kappa shape index (κ1) is 12.2. The Labute approximate surface area is 103 Å². The van der Waals surface area contributed by atoms with E-state index in [0.29, 0.717) is 19.4 Å². The summed E-state index contributed by atoms with van der Waals surface area (Å²) >= 11 is 0. The number of benzene rings is 1. The number of phenols is 2. The summed E-state index contributed by atoms with van der Waals surface area (Å²) in [5.74, 6) is -2.05. The predicted octanol–water partition coefficient (Wildman–Crippen LogP) is 0.787. The van der Waals surface area contributed by atoms with E-state index in [1.54, 1.807) is 0 Å². The second kappa shape index (κ2) is 4.56. The Morgan fingerprint density at radius 1 is 1.28 bits per heavy atom. The van der Waals surface area contributed by atoms with Gasteiger partial charge >= 0.3 is 5.97 Å². The molecular formula is C12H13NO5. The van der Waals surface area contributed by atoms with E-state index in [9.17, 15) is 19.8 Å². The van der Waals surface area contributed by atoms with Gasteiger partial charge in [-0.3, -0.25) is 4.79 Å². The minimum atomic E-state index is -1.06. The molecule has 6 nitrogen and oxygen atoms in total. The van der Waals surface area contributed by atoms with Crippen LogP contribution in [-0.4, -0.2) is 44.7 Å². The summed E-state index contributed by atoms with van der Waals surface area (Å²) in [6, 6.07) is 2.73. The molecule has 1 aliphatic rings. The summed E-state index contributed by atoms with van der Waals surface area (Å²) in [4.78, 5) is 24.3. The van der Waals surface area contributed by atoms with Crippen molar-refractivity contribution >= 4 is 11.9 Å². The van der Waals surface area contributed by atoms with Crippen LogP contribution in [0.25, 0.3) is 0 Å². The van der Waals surface area contributed by atoms with Crippen LogP contribution in [0.2, 0.25) is 0 Å². The number of aliphatic carboxylic acids is 1. The number of likely N-dealkylation sites (tertiary alicyclic amines) is 1. The molecule has 1 aromatic rings. The molecule has 0 unspecified atom stereocenters. The van der Waals surface area contributed by atoms with Crippen LogP contribution in [-0.2, 0) is 4.79 Å². The number of phenolic OH excluding ortho intramolecular Hbond substituents is 2. The van der Waals surface area contributed by atoms with Gasteiger partial charge in [-0.05, 0) is 31.0 Å². The molecule has 1 aromatic carbocycles. The maximum absolute atomic E-state index is 12.1. The van der Waals surface area contributed by atoms with Gasteiger partial charge < -0.3 is 20.2 Å². The third-order valence-electron chi connectivity index (χ3n) is 3.01. The number of carbonyl (C=O) groups excluding carboxylic acids is 1. The van der Waals surface area contributed by atoms with Crippen LogP contribution in [0.1, 0.15) is 23.2 Å². The van der Waals surface area contributed by atoms with Gasteiger partial charge in [-0.15, -0.1) is 0 Å². The predicted molar refractivity (Wildman–Crippen MR) is 61.5 cm³/mol. The molecule has 0 aromatic heterocycles. The Balaban J connectivity index is 2.31. The summed E-state index contributed by atoms with van der Waals surface area (Å²) in [5.41, 5.74) is -0.0804. The lowest BCUT2D eigenvalue weighted by atomic mass is 10.1. The first-order valence-corrected chi connectivity index (χ1v) is 5.56. The first-order chi connectivity index (χ1) is 8.50. The number of nitrogens with zero attached hydrogens (tertiary/aromatic N) is 1. The zero-order valence-corrected chi connectivity index (χ0v) is 9.54. The van der Waals surface area contributed by atoms with Gasteiger partial charge in [0.25, 0.3) is 5.91 Å². The van der Waals surface area contributed by atoms with Gasteiger partial charge in [-0.1, -0.05) is 0 Å². The molecule has 0 saturated carbocycles. The number of hydrogen-bond donors (Lipinski definition) is 3. The third kappa shape index (κ3) is 2.09. The van der Waals surface area contributed by atoms with Crippen LogP contribution in [0.4, 0.5) is 0 Å². The van der Waals surface area contributed by atoms with Gasteiger partial charge in [0.15, 0.2) is 0 Å². The fourth-order valence-corrected chi connectivity index (χ4v) is 2.12. The largest absolute Gasteiger partial charge is 0.508 e. The van der Waals surface area contributed by atoms with Crippen LogP contribution in [0.15, 0.2) is 18.2 Å². The number of amides is 1. The normalized spacial score (nSPS) is 18.9. The van der Waals surface area contributed by atoms with E-state index in [-0.39, 0.29) is 17.1 Å². The van der Waals surface area contributed by atoms with E-state index in [0.717, 1.165) is 6.07 Å². The van der Waals surface area contributed by atoms with Crippen LogP contribution in [0.3, 0.4) is 0 Å². The molecule has 2 rings (SSSR count). The number of carboxylic acid groups (broad SMARTS) is 1. The standard InChI is InChI=1S/C12H13NO5/c14-7-3-4-10(15)8(6-7)11(16)13-5-1-2-9(13)12(17)18/h3-4,6,9,14-15H,1-2,5H2,(H,17,18)/t9-/m1/s1. The highest BCUT2D eigenvalue weighted by molar-refractivity contribution is 5.99. The molecule has 0 aliphatic carbocycles. The van der Waals surface area contributed by atoms with E-state index in [1.807, 2.05) is 0 Å². The molecule has 6 heteroatoms. The van der Waals surface area contributed by atoms with Crippen LogP contribution < -0.4 is 0 Å². The molecule has 1 fully saturated rings. The lowest BCUT2D eigenvalue weighted by molar-refractivity contribution is -0.141. The molecule has 18 heavy (non-hydrogen) atoms. The maximum Gasteiger partial charge on any atom is 0.326 e. The minimum absolute atomic E-state index is 0.0804. The van der Waals surface area contributed by atoms with Gasteiger partial charge in [0, 0.05) is 6.54 Å². The fourth-order valence-electron chi connectivity index (χ4n) is 2.12. The summed E-state index contributed by atoms with van der Waals surface area (Å²) in [6.07, 6.45) is 1.02. The van der Waals surface area contributed by atoms with Crippen molar-refractivity contribution in [3.63, 3.8) is 0 Å². The number of aromatic hydroxyl groups is 2. The second-order valence-corrected chi connectivity index (χ2v) is 4.20. The van der Waals surface area contributed by atoms with Gasteiger partial charge in [0.1, 0.15) is 17.5 Å². The zero-order chi connectivity index (χ0) is 13.3. The van der Waals surface area contributed by atoms with Crippen molar-refractivity contribution in [1.82, 2.24) is 4.90 Å². The molecule has 1 atom stereocenters. The summed E-state index contributed by atoms with van der Waals surface area (Å²) < 4.78 is 0. The molecule has 3 N–H and O–H groups in total. The van der Waals surface area contributed by atoms with E-state index in [2.05, 4.69) is 0 Å². The monoisotopic (exact) mass is 251 g/mol. The summed E-state index contributed by atoms with van der Waals surface area (Å²) in [7, 11) is 0. The average molecular weight is 251 g/mol. The van der Waals surface area contributed by atoms with Gasteiger partial charge in [0.05, 0.1) is 5.56 Å². The molecule has 0 spiro atoms. The van der Waals surface area contributed by atoms with E-state index in [4.69, 9.17) is 5.11 Å². The van der Waals surface area contributed by atoms with E-state index in [1.165, 1.54) is 17.0 Å². The SMILES string of the molecule is O=C(O)[C@H]1CCCN1C(=O)c1cc(O)ccc1O. The minimum Gasteiger partial charge on any atom is -0.508 e. The highest BCUT2D eigenvalue weighted by Gasteiger charge is 2.35. The Bertz CT molecular complexity index is 499. The Morgan fingerprint density at radius 2 is 2.00 bits per heavy atom. The van der Waals surface area contributed by atoms with Crippen molar-refractivity contribution in [3.05, 3.63) is 23.8 Å². The van der Waals surface area contributed by atoms with Crippen molar-refractivity contribution in [2.24, 2.45) is 0 Å². The Hall–Kier alpha value is -2.24. The van der Waals surface area contributed by atoms with E-state index < -0.39 is 17.9 Å². The fraction of sp³-hybridized carbons (Fsp3) is 0.333. The smallest absolute Gasteiger partial charge is 0.326 e. The molecule has 96 valence electrons. The third-order valence-corrected chi connectivity index (χ3v) is 3.01. The molecular weight excluding hydrogens is 238 g/mol. The first-order valence-electron chi connectivity index (χ1n) is 5.56. The van der Waals surface area contributed by atoms with Crippen LogP contribution in [0.5, 0.6) is 11.5 Å². The topological polar surface area (TPSA) is 98.1 Å². The number of carbonyl (C=O) groups is 2. The lowest BCUT2D eigenvalue weighted by Crippen LogP contribution is -2.40. The highest BCUT2D eigenvalue weighted by Crippen LogP contribution is 2.27. The van der Waals surface area contributed by atoms with Crippen molar-refractivity contribution in [3.8, 4) is 11.5 Å². The van der Waals surface area contributed by atoms with Crippen LogP contribution >= 0.6 is 0 Å². The zero-order valence-electron chi connectivity index (χ0n) is 9.54. The second-order valence-electron chi connectivity index (χ2n) is 4.20. The molecule has 0 radical (unpaired) electrons. The lowest BCUT2D eigenvalue weighted by Gasteiger charge is -2.21. The average Bonchev–Trinajstić information content (AvgIpc) is 2.80. The molecule has 1 heterocycles. The Kier molecular flexibility index (Phi) is 3.10. The number of carboxylic acids is 1. The van der Waals surface area contributed by atoms with Gasteiger partial charge in [-0.25, -0.2) is 4.79 Å². The number of hydrogen-bond acceptors (Lipinski definition) is 4. The van der Waals surface area contributed by atoms with Crippen molar-refractivity contribution in [1.29, 1.82) is 0 Å². The molecule has 1 aliphatic heterocycles. The maximum atomic E-state index is 12.1. The molecule has 0 bridgehead atoms. The van der Waals surface area contributed by atoms with Gasteiger partial charge in [0.2, 0.25) is 0 Å². The summed E-state index contributed by atoms with van der Waals surface area (Å²) in [6.45, 7) is 0.338. The molecule has 1 amide bonds. The van der Waals surface area contributed by atoms with Crippen molar-refractivity contribution < 1.29 is 24.9 Å². The van der Waals surface area contributed by atoms with Crippen molar-refractivity contribution in [2.75, 3.05) is 6.54 Å². The quantitative estimate of drug-likeness (QED) is 0.675. The highest BCUT2D eigenvalue weighted by atomic mass is 16.4. The molecule has 1 saturated heterocycles. The van der Waals surface area contributed by atoms with Crippen LogP contribution in [0, 0.1) is 0 Å². The van der Waals surface area contributed by atoms with E-state index >= 15 is 0 Å². The van der Waals surface area contributed by atoms with Crippen molar-refractivity contribution in [2.45, 2.75) is 18.9 Å².